The number of likely N-dealkylation sites (N-methyl/N-ethyl adjacent to an activating group) is 1. The van der Waals surface area contributed by atoms with Crippen LogP contribution in [0.3, 0.4) is 0 Å². The average Bonchev–Trinajstić information content (AvgIpc) is 2.77. The zero-order valence-corrected chi connectivity index (χ0v) is 13.4. The molecule has 0 aliphatic heterocycles. The van der Waals surface area contributed by atoms with E-state index in [-0.39, 0.29) is 5.91 Å². The van der Waals surface area contributed by atoms with E-state index in [4.69, 9.17) is 0 Å². The van der Waals surface area contributed by atoms with Gasteiger partial charge < -0.3 is 10.2 Å². The molecule has 0 fully saturated rings. The Hall–Kier alpha value is -0.940. The summed E-state index contributed by atoms with van der Waals surface area (Å²) in [6, 6.07) is 0. The van der Waals surface area contributed by atoms with E-state index in [0.29, 0.717) is 12.5 Å². The minimum absolute atomic E-state index is 0.00839. The van der Waals surface area contributed by atoms with E-state index in [1.54, 1.807) is 0 Å². The molecule has 4 nitrogen and oxygen atoms in total. The first-order valence-electron chi connectivity index (χ1n) is 6.97. The molecule has 0 spiro atoms. The first kappa shape index (κ1) is 16.1. The maximum atomic E-state index is 12.1. The summed E-state index contributed by atoms with van der Waals surface area (Å²) in [4.78, 5) is 19.6. The first-order chi connectivity index (χ1) is 8.99. The molecule has 0 unspecified atom stereocenters. The molecule has 1 amide bonds. The van der Waals surface area contributed by atoms with Crippen molar-refractivity contribution in [3.05, 3.63) is 15.6 Å². The van der Waals surface area contributed by atoms with E-state index < -0.39 is 0 Å². The van der Waals surface area contributed by atoms with Crippen LogP contribution in [0, 0.1) is 6.92 Å². The molecule has 0 aliphatic carbocycles. The largest absolute Gasteiger partial charge is 0.350 e. The second kappa shape index (κ2) is 7.60. The van der Waals surface area contributed by atoms with E-state index >= 15 is 0 Å². The van der Waals surface area contributed by atoms with Gasteiger partial charge in [0.25, 0.3) is 5.91 Å². The van der Waals surface area contributed by atoms with Gasteiger partial charge in [0, 0.05) is 19.0 Å². The predicted molar refractivity (Wildman–Crippen MR) is 81.1 cm³/mol. The van der Waals surface area contributed by atoms with Gasteiger partial charge in [-0.15, -0.1) is 11.3 Å². The molecule has 0 radical (unpaired) electrons. The van der Waals surface area contributed by atoms with Gasteiger partial charge in [0.15, 0.2) is 0 Å². The van der Waals surface area contributed by atoms with Crippen LogP contribution in [0.4, 0.5) is 0 Å². The van der Waals surface area contributed by atoms with E-state index in [2.05, 4.69) is 42.9 Å². The Bertz CT molecular complexity index is 411. The van der Waals surface area contributed by atoms with Gasteiger partial charge in [0.1, 0.15) is 4.88 Å². The van der Waals surface area contributed by atoms with E-state index in [9.17, 15) is 4.79 Å². The monoisotopic (exact) mass is 283 g/mol. The van der Waals surface area contributed by atoms with Crippen molar-refractivity contribution in [2.45, 2.75) is 40.5 Å². The second-order valence-electron chi connectivity index (χ2n) is 4.90. The van der Waals surface area contributed by atoms with Gasteiger partial charge in [-0.2, -0.15) is 0 Å². The lowest BCUT2D eigenvalue weighted by molar-refractivity contribution is 0.0952. The molecule has 0 saturated carbocycles. The third kappa shape index (κ3) is 4.58. The Labute approximate surface area is 120 Å². The summed E-state index contributed by atoms with van der Waals surface area (Å²) in [5.41, 5.74) is 0.842. The number of amides is 1. The lowest BCUT2D eigenvalue weighted by Gasteiger charge is -2.17. The molecule has 0 bridgehead atoms. The van der Waals surface area contributed by atoms with Crippen molar-refractivity contribution >= 4 is 17.2 Å². The number of rotatable bonds is 7. The highest BCUT2D eigenvalue weighted by Crippen LogP contribution is 2.24. The Morgan fingerprint density at radius 3 is 2.47 bits per heavy atom. The number of aryl methyl sites for hydroxylation is 1. The van der Waals surface area contributed by atoms with Crippen molar-refractivity contribution in [2.75, 3.05) is 26.2 Å². The number of carbonyl (C=O) groups is 1. The normalized spacial score (nSPS) is 11.3. The summed E-state index contributed by atoms with van der Waals surface area (Å²) in [5, 5.41) is 4.01. The molecule has 0 aliphatic rings. The molecule has 1 aromatic heterocycles. The van der Waals surface area contributed by atoms with Crippen molar-refractivity contribution in [1.29, 1.82) is 0 Å². The lowest BCUT2D eigenvalue weighted by atomic mass is 10.2. The number of carbonyl (C=O) groups excluding carboxylic acids is 1. The van der Waals surface area contributed by atoms with E-state index in [1.807, 2.05) is 6.92 Å². The molecule has 5 heteroatoms. The Morgan fingerprint density at radius 2 is 2.00 bits per heavy atom. The molecular formula is C14H25N3OS. The van der Waals surface area contributed by atoms with E-state index in [1.165, 1.54) is 11.3 Å². The smallest absolute Gasteiger partial charge is 0.263 e. The molecule has 108 valence electrons. The fourth-order valence-corrected chi connectivity index (χ4v) is 2.81. The summed E-state index contributed by atoms with van der Waals surface area (Å²) in [7, 11) is 0. The zero-order chi connectivity index (χ0) is 14.4. The minimum atomic E-state index is 0.00839. The van der Waals surface area contributed by atoms with Crippen LogP contribution >= 0.6 is 11.3 Å². The van der Waals surface area contributed by atoms with Crippen molar-refractivity contribution < 1.29 is 4.79 Å². The molecule has 1 rings (SSSR count). The summed E-state index contributed by atoms with van der Waals surface area (Å²) >= 11 is 1.51. The predicted octanol–water partition coefficient (Wildman–Crippen LogP) is 2.65. The Balaban J connectivity index is 2.54. The maximum absolute atomic E-state index is 12.1. The Morgan fingerprint density at radius 1 is 1.37 bits per heavy atom. The van der Waals surface area contributed by atoms with Gasteiger partial charge in [-0.25, -0.2) is 4.98 Å². The third-order valence-electron chi connectivity index (χ3n) is 3.12. The summed E-state index contributed by atoms with van der Waals surface area (Å²) in [5.74, 6) is 0.384. The number of thiazole rings is 1. The van der Waals surface area contributed by atoms with Crippen LogP contribution in [0.15, 0.2) is 0 Å². The molecule has 1 N–H and O–H groups in total. The molecule has 0 atom stereocenters. The quantitative estimate of drug-likeness (QED) is 0.836. The fourth-order valence-electron chi connectivity index (χ4n) is 1.82. The highest BCUT2D eigenvalue weighted by Gasteiger charge is 2.16. The van der Waals surface area contributed by atoms with Gasteiger partial charge in [0.05, 0.1) is 10.7 Å². The number of aromatic nitrogens is 1. The summed E-state index contributed by atoms with van der Waals surface area (Å²) < 4.78 is 0. The van der Waals surface area contributed by atoms with Gasteiger partial charge in [0.2, 0.25) is 0 Å². The van der Waals surface area contributed by atoms with Gasteiger partial charge >= 0.3 is 0 Å². The van der Waals surface area contributed by atoms with Crippen molar-refractivity contribution in [1.82, 2.24) is 15.2 Å². The molecule has 0 saturated heterocycles. The second-order valence-corrected chi connectivity index (χ2v) is 5.93. The number of nitrogens with zero attached hydrogens (tertiary/aromatic N) is 2. The van der Waals surface area contributed by atoms with Crippen LogP contribution < -0.4 is 5.32 Å². The van der Waals surface area contributed by atoms with Gasteiger partial charge in [-0.1, -0.05) is 27.7 Å². The molecule has 19 heavy (non-hydrogen) atoms. The van der Waals surface area contributed by atoms with Gasteiger partial charge in [-0.3, -0.25) is 4.79 Å². The first-order valence-corrected chi connectivity index (χ1v) is 7.79. The fraction of sp³-hybridized carbons (Fsp3) is 0.714. The molecule has 0 aromatic carbocycles. The van der Waals surface area contributed by atoms with Crippen molar-refractivity contribution in [3.63, 3.8) is 0 Å². The maximum Gasteiger partial charge on any atom is 0.263 e. The minimum Gasteiger partial charge on any atom is -0.350 e. The standard InChI is InChI=1S/C14H25N3OS/c1-6-17(7-2)9-8-15-13(18)12-11(5)16-14(19-12)10(3)4/h10H,6-9H2,1-5H3,(H,15,18). The molecule has 1 aromatic rings. The number of nitrogens with one attached hydrogen (secondary N) is 1. The SMILES string of the molecule is CCN(CC)CCNC(=O)c1sc(C(C)C)nc1C. The Kier molecular flexibility index (Phi) is 6.45. The molecule has 1 heterocycles. The lowest BCUT2D eigenvalue weighted by Crippen LogP contribution is -2.34. The summed E-state index contributed by atoms with van der Waals surface area (Å²) in [6.07, 6.45) is 0. The van der Waals surface area contributed by atoms with Crippen LogP contribution in [0.25, 0.3) is 0 Å². The number of hydrogen-bond acceptors (Lipinski definition) is 4. The van der Waals surface area contributed by atoms with Crippen LogP contribution in [0.2, 0.25) is 0 Å². The van der Waals surface area contributed by atoms with Crippen molar-refractivity contribution in [2.24, 2.45) is 0 Å². The van der Waals surface area contributed by atoms with Crippen LogP contribution in [0.5, 0.6) is 0 Å². The summed E-state index contributed by atoms with van der Waals surface area (Å²) in [6.45, 7) is 14.0. The number of hydrogen-bond donors (Lipinski definition) is 1. The topological polar surface area (TPSA) is 45.2 Å². The average molecular weight is 283 g/mol. The van der Waals surface area contributed by atoms with Gasteiger partial charge in [-0.05, 0) is 20.0 Å². The van der Waals surface area contributed by atoms with Crippen LogP contribution in [-0.4, -0.2) is 42.0 Å². The van der Waals surface area contributed by atoms with E-state index in [0.717, 1.165) is 35.2 Å². The van der Waals surface area contributed by atoms with Crippen LogP contribution in [-0.2, 0) is 0 Å². The molecular weight excluding hydrogens is 258 g/mol. The third-order valence-corrected chi connectivity index (χ3v) is 4.58. The highest BCUT2D eigenvalue weighted by atomic mass is 32.1. The zero-order valence-electron chi connectivity index (χ0n) is 12.6. The van der Waals surface area contributed by atoms with Crippen molar-refractivity contribution in [3.8, 4) is 0 Å². The van der Waals surface area contributed by atoms with Crippen LogP contribution in [0.1, 0.15) is 54.0 Å². The highest BCUT2D eigenvalue weighted by molar-refractivity contribution is 7.13.